The number of benzene rings is 1. The highest BCUT2D eigenvalue weighted by molar-refractivity contribution is 7.71. The van der Waals surface area contributed by atoms with Crippen molar-refractivity contribution in [3.05, 3.63) is 52.6 Å². The topological polar surface area (TPSA) is 20.7 Å². The van der Waals surface area contributed by atoms with Gasteiger partial charge in [0.1, 0.15) is 0 Å². The Bertz CT molecular complexity index is 496. The smallest absolute Gasteiger partial charge is 0.177 e. The van der Waals surface area contributed by atoms with E-state index in [-0.39, 0.29) is 0 Å². The monoisotopic (exact) mass is 218 g/mol. The zero-order valence-corrected chi connectivity index (χ0v) is 9.55. The molecule has 0 fully saturated rings. The predicted molar refractivity (Wildman–Crippen MR) is 64.5 cm³/mol. The summed E-state index contributed by atoms with van der Waals surface area (Å²) < 4.78 is 2.82. The van der Waals surface area contributed by atoms with E-state index in [2.05, 4.69) is 36.2 Å². The number of aromatic amines is 1. The molecule has 1 N–H and O–H groups in total. The van der Waals surface area contributed by atoms with Crippen molar-refractivity contribution < 1.29 is 0 Å². The maximum atomic E-state index is 5.17. The lowest BCUT2D eigenvalue weighted by Gasteiger charge is -2.07. The van der Waals surface area contributed by atoms with Gasteiger partial charge in [0, 0.05) is 12.4 Å². The molecule has 0 saturated heterocycles. The minimum absolute atomic E-state index is 0.779. The second-order valence-corrected chi connectivity index (χ2v) is 3.90. The van der Waals surface area contributed by atoms with Crippen LogP contribution in [0.25, 0.3) is 0 Å². The normalized spacial score (nSPS) is 10.5. The summed E-state index contributed by atoms with van der Waals surface area (Å²) in [5.74, 6) is 0. The maximum Gasteiger partial charge on any atom is 0.177 e. The van der Waals surface area contributed by atoms with E-state index in [4.69, 9.17) is 12.2 Å². The molecule has 0 radical (unpaired) electrons. The summed E-state index contributed by atoms with van der Waals surface area (Å²) in [6.45, 7) is 3.03. The second-order valence-electron chi connectivity index (χ2n) is 3.52. The minimum atomic E-state index is 0.779. The zero-order valence-electron chi connectivity index (χ0n) is 8.73. The zero-order chi connectivity index (χ0) is 10.7. The molecule has 3 heteroatoms. The van der Waals surface area contributed by atoms with Crippen molar-refractivity contribution in [2.24, 2.45) is 0 Å². The summed E-state index contributed by atoms with van der Waals surface area (Å²) >= 11 is 5.17. The lowest BCUT2D eigenvalue weighted by molar-refractivity contribution is 0.774. The number of aromatic nitrogens is 2. The van der Waals surface area contributed by atoms with E-state index in [1.54, 1.807) is 0 Å². The molecule has 1 heterocycles. The quantitative estimate of drug-likeness (QED) is 0.785. The minimum Gasteiger partial charge on any atom is -0.337 e. The van der Waals surface area contributed by atoms with Crippen LogP contribution in [0.3, 0.4) is 0 Å². The predicted octanol–water partition coefficient (Wildman–Crippen LogP) is 3.16. The summed E-state index contributed by atoms with van der Waals surface area (Å²) in [6.07, 6.45) is 4.92. The average molecular weight is 218 g/mol. The number of imidazole rings is 1. The first-order valence-electron chi connectivity index (χ1n) is 5.12. The molecule has 0 unspecified atom stereocenters. The van der Waals surface area contributed by atoms with Crippen molar-refractivity contribution in [2.45, 2.75) is 19.9 Å². The molecule has 0 aliphatic rings. The van der Waals surface area contributed by atoms with Crippen molar-refractivity contribution in [2.75, 3.05) is 0 Å². The molecule has 0 aliphatic carbocycles. The molecule has 0 saturated carbocycles. The van der Waals surface area contributed by atoms with E-state index >= 15 is 0 Å². The summed E-state index contributed by atoms with van der Waals surface area (Å²) in [6, 6.07) is 8.49. The highest BCUT2D eigenvalue weighted by Crippen LogP contribution is 2.11. The Hall–Kier alpha value is -1.35. The van der Waals surface area contributed by atoms with Crippen molar-refractivity contribution in [3.8, 4) is 0 Å². The average Bonchev–Trinajstić information content (AvgIpc) is 2.65. The Morgan fingerprint density at radius 2 is 2.00 bits per heavy atom. The van der Waals surface area contributed by atoms with Gasteiger partial charge in [-0.3, -0.25) is 0 Å². The van der Waals surface area contributed by atoms with Gasteiger partial charge < -0.3 is 9.55 Å². The first-order valence-corrected chi connectivity index (χ1v) is 5.52. The first kappa shape index (κ1) is 10.2. The van der Waals surface area contributed by atoms with Crippen molar-refractivity contribution in [1.29, 1.82) is 0 Å². The van der Waals surface area contributed by atoms with Crippen LogP contribution in [0.1, 0.15) is 18.1 Å². The van der Waals surface area contributed by atoms with Gasteiger partial charge in [-0.15, -0.1) is 0 Å². The fraction of sp³-hybridized carbons (Fsp3) is 0.250. The summed E-state index contributed by atoms with van der Waals surface area (Å²) in [5.41, 5.74) is 2.73. The molecule has 0 atom stereocenters. The molecule has 15 heavy (non-hydrogen) atoms. The van der Waals surface area contributed by atoms with Gasteiger partial charge in [0.05, 0.1) is 6.54 Å². The number of hydrogen-bond acceptors (Lipinski definition) is 1. The van der Waals surface area contributed by atoms with Crippen LogP contribution in [0.15, 0.2) is 36.7 Å². The maximum absolute atomic E-state index is 5.17. The molecule has 2 rings (SSSR count). The Labute approximate surface area is 94.6 Å². The Morgan fingerprint density at radius 3 is 2.60 bits per heavy atom. The standard InChI is InChI=1S/C12H14N2S/c1-2-10-5-3-4-6-11(10)9-14-8-7-13-12(14)15/h3-8H,2,9H2,1H3,(H,13,15). The SMILES string of the molecule is CCc1ccccc1Cn1cc[nH]c1=S. The van der Waals surface area contributed by atoms with Gasteiger partial charge in [-0.25, -0.2) is 0 Å². The molecular formula is C12H14N2S. The molecule has 0 spiro atoms. The molecular weight excluding hydrogens is 204 g/mol. The van der Waals surface area contributed by atoms with Gasteiger partial charge in [0.15, 0.2) is 4.77 Å². The lowest BCUT2D eigenvalue weighted by atomic mass is 10.1. The van der Waals surface area contributed by atoms with Gasteiger partial charge in [0.25, 0.3) is 0 Å². The Kier molecular flexibility index (Phi) is 3.02. The highest BCUT2D eigenvalue weighted by Gasteiger charge is 2.00. The fourth-order valence-electron chi connectivity index (χ4n) is 1.71. The number of hydrogen-bond donors (Lipinski definition) is 1. The van der Waals surface area contributed by atoms with Crippen LogP contribution in [0, 0.1) is 4.77 Å². The summed E-state index contributed by atoms with van der Waals surface area (Å²) in [5, 5.41) is 0. The van der Waals surface area contributed by atoms with E-state index in [9.17, 15) is 0 Å². The van der Waals surface area contributed by atoms with Crippen LogP contribution < -0.4 is 0 Å². The summed E-state index contributed by atoms with van der Waals surface area (Å²) in [7, 11) is 0. The van der Waals surface area contributed by atoms with Gasteiger partial charge in [0.2, 0.25) is 0 Å². The van der Waals surface area contributed by atoms with Gasteiger partial charge in [-0.2, -0.15) is 0 Å². The fourth-order valence-corrected chi connectivity index (χ4v) is 1.91. The van der Waals surface area contributed by atoms with E-state index in [1.165, 1.54) is 11.1 Å². The van der Waals surface area contributed by atoms with Gasteiger partial charge in [-0.05, 0) is 29.8 Å². The third kappa shape index (κ3) is 2.18. The Balaban J connectivity index is 2.32. The van der Waals surface area contributed by atoms with Gasteiger partial charge in [-0.1, -0.05) is 31.2 Å². The molecule has 0 bridgehead atoms. The van der Waals surface area contributed by atoms with E-state index < -0.39 is 0 Å². The largest absolute Gasteiger partial charge is 0.337 e. The summed E-state index contributed by atoms with van der Waals surface area (Å²) in [4.78, 5) is 3.00. The van der Waals surface area contributed by atoms with Crippen LogP contribution >= 0.6 is 12.2 Å². The van der Waals surface area contributed by atoms with Crippen molar-refractivity contribution in [3.63, 3.8) is 0 Å². The molecule has 0 amide bonds. The van der Waals surface area contributed by atoms with Crippen LogP contribution in [0.2, 0.25) is 0 Å². The number of nitrogens with zero attached hydrogens (tertiary/aromatic N) is 1. The molecule has 2 nitrogen and oxygen atoms in total. The van der Waals surface area contributed by atoms with Crippen molar-refractivity contribution >= 4 is 12.2 Å². The molecule has 78 valence electrons. The number of rotatable bonds is 3. The van der Waals surface area contributed by atoms with Crippen LogP contribution in [-0.4, -0.2) is 9.55 Å². The third-order valence-corrected chi connectivity index (χ3v) is 2.91. The number of H-pyrrole nitrogens is 1. The highest BCUT2D eigenvalue weighted by atomic mass is 32.1. The van der Waals surface area contributed by atoms with E-state index in [0.717, 1.165) is 17.7 Å². The first-order chi connectivity index (χ1) is 7.31. The van der Waals surface area contributed by atoms with E-state index in [0.29, 0.717) is 0 Å². The van der Waals surface area contributed by atoms with Crippen LogP contribution in [0.4, 0.5) is 0 Å². The molecule has 0 aliphatic heterocycles. The molecule has 1 aromatic heterocycles. The van der Waals surface area contributed by atoms with Crippen LogP contribution in [0.5, 0.6) is 0 Å². The molecule has 2 aromatic rings. The van der Waals surface area contributed by atoms with Crippen molar-refractivity contribution in [1.82, 2.24) is 9.55 Å². The number of nitrogens with one attached hydrogen (secondary N) is 1. The molecule has 1 aromatic carbocycles. The second kappa shape index (κ2) is 4.45. The van der Waals surface area contributed by atoms with Crippen LogP contribution in [-0.2, 0) is 13.0 Å². The third-order valence-electron chi connectivity index (χ3n) is 2.56. The Morgan fingerprint density at radius 1 is 1.27 bits per heavy atom. The van der Waals surface area contributed by atoms with Gasteiger partial charge >= 0.3 is 0 Å². The van der Waals surface area contributed by atoms with E-state index in [1.807, 2.05) is 17.0 Å². The number of aryl methyl sites for hydroxylation is 1. The lowest BCUT2D eigenvalue weighted by Crippen LogP contribution is -2.01.